The van der Waals surface area contributed by atoms with E-state index < -0.39 is 6.10 Å². The number of nitrogens with one attached hydrogen (secondary N) is 2. The van der Waals surface area contributed by atoms with Crippen molar-refractivity contribution in [2.75, 3.05) is 6.54 Å². The molecule has 2 heterocycles. The standard InChI is InChI=1S/C18H26N2O2.ClH/c1-12-2-4-14(5-3-12)17(21)11-19-18(22)10-13-8-15-6-7-16(9-13)20-15;/h2-5,13,15-17,20-21H,6-11H2,1H3,(H,19,22);1H. The number of aliphatic hydroxyl groups is 1. The summed E-state index contributed by atoms with van der Waals surface area (Å²) in [6.07, 6.45) is 4.71. The van der Waals surface area contributed by atoms with Gasteiger partial charge >= 0.3 is 0 Å². The van der Waals surface area contributed by atoms with Gasteiger partial charge in [-0.05, 0) is 44.1 Å². The van der Waals surface area contributed by atoms with Crippen molar-refractivity contribution >= 4 is 18.3 Å². The van der Waals surface area contributed by atoms with Crippen LogP contribution in [0, 0.1) is 12.8 Å². The zero-order chi connectivity index (χ0) is 15.5. The summed E-state index contributed by atoms with van der Waals surface area (Å²) in [5, 5.41) is 16.6. The van der Waals surface area contributed by atoms with Gasteiger partial charge in [0, 0.05) is 25.0 Å². The second-order valence-electron chi connectivity index (χ2n) is 6.91. The number of hydrogen-bond acceptors (Lipinski definition) is 3. The minimum atomic E-state index is -0.631. The Morgan fingerprint density at radius 3 is 2.48 bits per heavy atom. The molecule has 1 aromatic rings. The monoisotopic (exact) mass is 338 g/mol. The average molecular weight is 339 g/mol. The van der Waals surface area contributed by atoms with E-state index in [1.165, 1.54) is 18.4 Å². The number of carbonyl (C=O) groups excluding carboxylic acids is 1. The van der Waals surface area contributed by atoms with E-state index in [0.717, 1.165) is 18.4 Å². The summed E-state index contributed by atoms with van der Waals surface area (Å²) in [5.41, 5.74) is 2.02. The second-order valence-corrected chi connectivity index (χ2v) is 6.91. The third kappa shape index (κ3) is 4.93. The van der Waals surface area contributed by atoms with Crippen molar-refractivity contribution in [1.82, 2.24) is 10.6 Å². The van der Waals surface area contributed by atoms with Crippen LogP contribution in [0.5, 0.6) is 0 Å². The molecule has 1 amide bonds. The van der Waals surface area contributed by atoms with Crippen molar-refractivity contribution in [3.8, 4) is 0 Å². The summed E-state index contributed by atoms with van der Waals surface area (Å²) in [5.74, 6) is 0.563. The number of carbonyl (C=O) groups is 1. The van der Waals surface area contributed by atoms with Gasteiger partial charge in [0.1, 0.15) is 0 Å². The lowest BCUT2D eigenvalue weighted by molar-refractivity contribution is -0.122. The summed E-state index contributed by atoms with van der Waals surface area (Å²) >= 11 is 0. The number of hydrogen-bond donors (Lipinski definition) is 3. The van der Waals surface area contributed by atoms with Crippen molar-refractivity contribution in [3.63, 3.8) is 0 Å². The number of aryl methyl sites for hydroxylation is 1. The Morgan fingerprint density at radius 2 is 1.87 bits per heavy atom. The molecule has 0 aromatic heterocycles. The molecule has 3 atom stereocenters. The summed E-state index contributed by atoms with van der Waals surface area (Å²) in [6, 6.07) is 9.02. The Kier molecular flexibility index (Phi) is 6.45. The van der Waals surface area contributed by atoms with Crippen molar-refractivity contribution in [2.45, 2.75) is 57.2 Å². The van der Waals surface area contributed by atoms with Crippen LogP contribution in [0.4, 0.5) is 0 Å². The molecule has 0 spiro atoms. The fourth-order valence-corrected chi connectivity index (χ4v) is 3.79. The van der Waals surface area contributed by atoms with Crippen LogP contribution in [0.3, 0.4) is 0 Å². The minimum absolute atomic E-state index is 0. The second kappa shape index (κ2) is 8.13. The first-order valence-electron chi connectivity index (χ1n) is 8.37. The van der Waals surface area contributed by atoms with Gasteiger partial charge in [0.15, 0.2) is 0 Å². The van der Waals surface area contributed by atoms with Crippen molar-refractivity contribution < 1.29 is 9.90 Å². The lowest BCUT2D eigenvalue weighted by atomic mass is 9.89. The van der Waals surface area contributed by atoms with Crippen LogP contribution in [0.25, 0.3) is 0 Å². The van der Waals surface area contributed by atoms with Gasteiger partial charge in [-0.1, -0.05) is 29.8 Å². The van der Waals surface area contributed by atoms with E-state index in [0.29, 0.717) is 31.0 Å². The van der Waals surface area contributed by atoms with E-state index in [2.05, 4.69) is 10.6 Å². The molecule has 2 saturated heterocycles. The van der Waals surface area contributed by atoms with Crippen molar-refractivity contribution in [3.05, 3.63) is 35.4 Å². The molecule has 2 fully saturated rings. The molecule has 23 heavy (non-hydrogen) atoms. The molecule has 3 rings (SSSR count). The normalized spacial score (nSPS) is 27.1. The van der Waals surface area contributed by atoms with Crippen molar-refractivity contribution in [1.29, 1.82) is 0 Å². The maximum absolute atomic E-state index is 12.1. The molecule has 2 aliphatic heterocycles. The Labute approximate surface area is 144 Å². The van der Waals surface area contributed by atoms with Gasteiger partial charge in [-0.25, -0.2) is 0 Å². The largest absolute Gasteiger partial charge is 0.387 e. The molecule has 0 radical (unpaired) electrons. The molecule has 2 bridgehead atoms. The highest BCUT2D eigenvalue weighted by Gasteiger charge is 2.34. The minimum Gasteiger partial charge on any atom is -0.387 e. The Bertz CT molecular complexity index is 508. The fourth-order valence-electron chi connectivity index (χ4n) is 3.79. The predicted molar refractivity (Wildman–Crippen MR) is 93.7 cm³/mol. The fraction of sp³-hybridized carbons (Fsp3) is 0.611. The molecular weight excluding hydrogens is 312 g/mol. The SMILES string of the molecule is Cc1ccc(C(O)CNC(=O)CC2CC3CCC(C2)N3)cc1.Cl. The van der Waals surface area contributed by atoms with Crippen LogP contribution in [0.1, 0.15) is 49.3 Å². The number of piperidine rings is 1. The first-order chi connectivity index (χ1) is 10.6. The van der Waals surface area contributed by atoms with E-state index in [1.54, 1.807) is 0 Å². The Balaban J connectivity index is 0.00000192. The lowest BCUT2D eigenvalue weighted by Gasteiger charge is -2.28. The number of halogens is 1. The van der Waals surface area contributed by atoms with Crippen molar-refractivity contribution in [2.24, 2.45) is 5.92 Å². The number of fused-ring (bicyclic) bond motifs is 2. The van der Waals surface area contributed by atoms with Crippen LogP contribution < -0.4 is 10.6 Å². The molecule has 4 nitrogen and oxygen atoms in total. The molecule has 128 valence electrons. The number of rotatable bonds is 5. The third-order valence-corrected chi connectivity index (χ3v) is 5.00. The highest BCUT2D eigenvalue weighted by atomic mass is 35.5. The van der Waals surface area contributed by atoms with E-state index >= 15 is 0 Å². The summed E-state index contributed by atoms with van der Waals surface area (Å²) in [7, 11) is 0. The zero-order valence-electron chi connectivity index (χ0n) is 13.6. The third-order valence-electron chi connectivity index (χ3n) is 5.00. The van der Waals surface area contributed by atoms with Gasteiger partial charge in [-0.2, -0.15) is 0 Å². The van der Waals surface area contributed by atoms with E-state index in [4.69, 9.17) is 0 Å². The van der Waals surface area contributed by atoms with Crippen LogP contribution >= 0.6 is 12.4 Å². The van der Waals surface area contributed by atoms with Gasteiger partial charge in [-0.15, -0.1) is 12.4 Å². The Hall–Kier alpha value is -1.10. The van der Waals surface area contributed by atoms with Crippen LogP contribution in [-0.4, -0.2) is 29.6 Å². The highest BCUT2D eigenvalue weighted by Crippen LogP contribution is 2.32. The van der Waals surface area contributed by atoms with Crippen LogP contribution in [-0.2, 0) is 4.79 Å². The smallest absolute Gasteiger partial charge is 0.220 e. The average Bonchev–Trinajstić information content (AvgIpc) is 2.84. The topological polar surface area (TPSA) is 61.4 Å². The van der Waals surface area contributed by atoms with Gasteiger partial charge in [-0.3, -0.25) is 4.79 Å². The summed E-state index contributed by atoms with van der Waals surface area (Å²) in [4.78, 5) is 12.1. The molecule has 0 aliphatic carbocycles. The van der Waals surface area contributed by atoms with Gasteiger partial charge in [0.2, 0.25) is 5.91 Å². The van der Waals surface area contributed by atoms with Crippen LogP contribution in [0.15, 0.2) is 24.3 Å². The maximum atomic E-state index is 12.1. The maximum Gasteiger partial charge on any atom is 0.220 e. The molecular formula is C18H27ClN2O2. The molecule has 1 aromatic carbocycles. The molecule has 3 N–H and O–H groups in total. The van der Waals surface area contributed by atoms with E-state index in [1.807, 2.05) is 31.2 Å². The number of benzene rings is 1. The van der Waals surface area contributed by atoms with E-state index in [-0.39, 0.29) is 18.3 Å². The number of aliphatic hydroxyl groups excluding tert-OH is 1. The predicted octanol–water partition coefficient (Wildman–Crippen LogP) is 2.49. The Morgan fingerprint density at radius 1 is 1.26 bits per heavy atom. The summed E-state index contributed by atoms with van der Waals surface area (Å²) < 4.78 is 0. The number of amides is 1. The summed E-state index contributed by atoms with van der Waals surface area (Å²) in [6.45, 7) is 2.31. The lowest BCUT2D eigenvalue weighted by Crippen LogP contribution is -2.40. The zero-order valence-corrected chi connectivity index (χ0v) is 14.4. The van der Waals surface area contributed by atoms with Gasteiger partial charge < -0.3 is 15.7 Å². The van der Waals surface area contributed by atoms with Crippen LogP contribution in [0.2, 0.25) is 0 Å². The highest BCUT2D eigenvalue weighted by molar-refractivity contribution is 5.85. The molecule has 5 heteroatoms. The van der Waals surface area contributed by atoms with Gasteiger partial charge in [0.05, 0.1) is 6.10 Å². The molecule has 0 saturated carbocycles. The molecule has 2 aliphatic rings. The van der Waals surface area contributed by atoms with E-state index in [9.17, 15) is 9.90 Å². The first kappa shape index (κ1) is 18.2. The molecule has 3 unspecified atom stereocenters. The van der Waals surface area contributed by atoms with Gasteiger partial charge in [0.25, 0.3) is 0 Å². The quantitative estimate of drug-likeness (QED) is 0.773. The first-order valence-corrected chi connectivity index (χ1v) is 8.37.